The molecule has 9 heteroatoms. The minimum absolute atomic E-state index is 0.0368. The molecule has 1 amide bonds. The summed E-state index contributed by atoms with van der Waals surface area (Å²) in [4.78, 5) is 12.6. The normalized spacial score (nSPS) is 12.4. The summed E-state index contributed by atoms with van der Waals surface area (Å²) in [6.07, 6.45) is 1.91. The Balaban J connectivity index is 3.53. The molecule has 0 aliphatic rings. The molecule has 0 radical (unpaired) electrons. The molecule has 146 valence electrons. The van der Waals surface area contributed by atoms with Crippen molar-refractivity contribution in [2.24, 2.45) is 4.40 Å². The number of benzene rings is 1. The second-order valence-electron chi connectivity index (χ2n) is 6.79. The molecule has 0 heterocycles. The van der Waals surface area contributed by atoms with E-state index in [9.17, 15) is 18.3 Å². The fourth-order valence-corrected chi connectivity index (χ4v) is 3.22. The van der Waals surface area contributed by atoms with E-state index in [0.717, 1.165) is 18.3 Å². The van der Waals surface area contributed by atoms with E-state index in [0.29, 0.717) is 5.56 Å². The molecule has 7 nitrogen and oxygen atoms in total. The van der Waals surface area contributed by atoms with Crippen LogP contribution in [0.3, 0.4) is 0 Å². The SMILES string of the molecule is CCC(C)(C)c1cc(CNC(=O)CCl)c(O)c(S(=O)(=O)N=CN(C)C)c1. The zero-order valence-electron chi connectivity index (χ0n) is 15.7. The number of nitrogens with one attached hydrogen (secondary N) is 1. The number of carbonyl (C=O) groups excluding carboxylic acids is 1. The Morgan fingerprint density at radius 1 is 1.38 bits per heavy atom. The number of sulfonamides is 1. The number of phenolic OH excluding ortho intramolecular Hbond substituents is 1. The zero-order valence-corrected chi connectivity index (χ0v) is 17.3. The molecule has 0 aliphatic heterocycles. The van der Waals surface area contributed by atoms with Gasteiger partial charge in [-0.2, -0.15) is 8.42 Å². The maximum Gasteiger partial charge on any atom is 0.287 e. The highest BCUT2D eigenvalue weighted by atomic mass is 35.5. The van der Waals surface area contributed by atoms with Crippen LogP contribution < -0.4 is 5.32 Å². The van der Waals surface area contributed by atoms with Crippen molar-refractivity contribution in [1.29, 1.82) is 0 Å². The van der Waals surface area contributed by atoms with E-state index in [-0.39, 0.29) is 22.7 Å². The zero-order chi connectivity index (χ0) is 20.1. The van der Waals surface area contributed by atoms with Crippen molar-refractivity contribution in [2.75, 3.05) is 20.0 Å². The summed E-state index contributed by atoms with van der Waals surface area (Å²) in [6.45, 7) is 5.89. The fraction of sp³-hybridized carbons (Fsp3) is 0.529. The first-order chi connectivity index (χ1) is 11.9. The van der Waals surface area contributed by atoms with Crippen LogP contribution in [0.15, 0.2) is 21.4 Å². The van der Waals surface area contributed by atoms with Crippen molar-refractivity contribution < 1.29 is 18.3 Å². The van der Waals surface area contributed by atoms with Crippen LogP contribution in [-0.2, 0) is 26.8 Å². The summed E-state index contributed by atoms with van der Waals surface area (Å²) in [5.41, 5.74) is 0.696. The van der Waals surface area contributed by atoms with Crippen molar-refractivity contribution in [3.05, 3.63) is 23.3 Å². The average molecular weight is 404 g/mol. The van der Waals surface area contributed by atoms with Gasteiger partial charge in [-0.15, -0.1) is 16.0 Å². The number of rotatable bonds is 8. The molecule has 1 aromatic carbocycles. The monoisotopic (exact) mass is 403 g/mol. The second-order valence-corrected chi connectivity index (χ2v) is 8.66. The third-order valence-electron chi connectivity index (χ3n) is 4.11. The van der Waals surface area contributed by atoms with Gasteiger partial charge in [-0.05, 0) is 29.5 Å². The molecule has 1 rings (SSSR count). The summed E-state index contributed by atoms with van der Waals surface area (Å²) >= 11 is 5.46. The number of amides is 1. The molecule has 0 saturated heterocycles. The summed E-state index contributed by atoms with van der Waals surface area (Å²) < 4.78 is 28.7. The maximum atomic E-state index is 12.6. The number of phenols is 1. The van der Waals surface area contributed by atoms with E-state index in [4.69, 9.17) is 11.6 Å². The highest BCUT2D eigenvalue weighted by Crippen LogP contribution is 2.36. The van der Waals surface area contributed by atoms with Crippen LogP contribution in [0.25, 0.3) is 0 Å². The standard InChI is InChI=1S/C17H26ClN3O4S/c1-6-17(2,3)13-7-12(10-19-15(22)9-18)16(23)14(8-13)26(24,25)20-11-21(4)5/h7-8,11,23H,6,9-10H2,1-5H3,(H,19,22). The minimum Gasteiger partial charge on any atom is -0.506 e. The minimum atomic E-state index is -4.10. The summed E-state index contributed by atoms with van der Waals surface area (Å²) in [7, 11) is -0.822. The Hall–Kier alpha value is -1.80. The molecule has 0 bridgehead atoms. The lowest BCUT2D eigenvalue weighted by Crippen LogP contribution is -2.24. The highest BCUT2D eigenvalue weighted by molar-refractivity contribution is 7.90. The topological polar surface area (TPSA) is 99.1 Å². The Bertz CT molecular complexity index is 789. The van der Waals surface area contributed by atoms with Crippen LogP contribution in [0, 0.1) is 0 Å². The average Bonchev–Trinajstić information content (AvgIpc) is 2.58. The van der Waals surface area contributed by atoms with Gasteiger partial charge in [0.25, 0.3) is 10.0 Å². The lowest BCUT2D eigenvalue weighted by molar-refractivity contribution is -0.118. The van der Waals surface area contributed by atoms with Crippen LogP contribution >= 0.6 is 11.6 Å². The number of carbonyl (C=O) groups is 1. The second kappa shape index (κ2) is 8.73. The molecule has 0 atom stereocenters. The van der Waals surface area contributed by atoms with Gasteiger partial charge in [0.2, 0.25) is 5.91 Å². The van der Waals surface area contributed by atoms with Gasteiger partial charge in [0.15, 0.2) is 0 Å². The first-order valence-electron chi connectivity index (χ1n) is 8.10. The van der Waals surface area contributed by atoms with Gasteiger partial charge in [0.1, 0.15) is 22.9 Å². The van der Waals surface area contributed by atoms with E-state index in [1.54, 1.807) is 20.2 Å². The molecule has 0 fully saturated rings. The van der Waals surface area contributed by atoms with E-state index < -0.39 is 21.7 Å². The quantitative estimate of drug-likeness (QED) is 0.394. The summed E-state index contributed by atoms with van der Waals surface area (Å²) in [5.74, 6) is -1.06. The summed E-state index contributed by atoms with van der Waals surface area (Å²) in [6, 6.07) is 3.13. The number of halogens is 1. The van der Waals surface area contributed by atoms with Crippen LogP contribution in [0.1, 0.15) is 38.3 Å². The molecule has 0 aromatic heterocycles. The third-order valence-corrected chi connectivity index (χ3v) is 5.59. The Kier molecular flexibility index (Phi) is 7.46. The van der Waals surface area contributed by atoms with Crippen molar-refractivity contribution in [3.8, 4) is 5.75 Å². The van der Waals surface area contributed by atoms with Crippen molar-refractivity contribution in [1.82, 2.24) is 10.2 Å². The fourth-order valence-electron chi connectivity index (χ4n) is 2.05. The maximum absolute atomic E-state index is 12.6. The predicted octanol–water partition coefficient (Wildman–Crippen LogP) is 2.21. The van der Waals surface area contributed by atoms with E-state index in [1.807, 2.05) is 20.8 Å². The molecule has 0 unspecified atom stereocenters. The number of aromatic hydroxyl groups is 1. The van der Waals surface area contributed by atoms with Gasteiger partial charge in [0, 0.05) is 26.2 Å². The van der Waals surface area contributed by atoms with Gasteiger partial charge in [-0.25, -0.2) is 0 Å². The summed E-state index contributed by atoms with van der Waals surface area (Å²) in [5, 5.41) is 13.0. The molecule has 26 heavy (non-hydrogen) atoms. The van der Waals surface area contributed by atoms with E-state index in [2.05, 4.69) is 9.71 Å². The number of nitrogens with zero attached hydrogens (tertiary/aromatic N) is 2. The third kappa shape index (κ3) is 5.60. The molecule has 0 aliphatic carbocycles. The molecule has 0 saturated carbocycles. The molecule has 2 N–H and O–H groups in total. The Morgan fingerprint density at radius 3 is 2.50 bits per heavy atom. The highest BCUT2D eigenvalue weighted by Gasteiger charge is 2.26. The van der Waals surface area contributed by atoms with Crippen molar-refractivity contribution >= 4 is 33.9 Å². The Morgan fingerprint density at radius 2 is 2.00 bits per heavy atom. The van der Waals surface area contributed by atoms with Gasteiger partial charge >= 0.3 is 0 Å². The molecular formula is C17H26ClN3O4S. The first-order valence-corrected chi connectivity index (χ1v) is 10.1. The Labute approximate surface area is 160 Å². The lowest BCUT2D eigenvalue weighted by atomic mass is 9.81. The molecule has 1 aromatic rings. The van der Waals surface area contributed by atoms with Crippen LogP contribution in [-0.4, -0.2) is 50.6 Å². The van der Waals surface area contributed by atoms with E-state index >= 15 is 0 Å². The van der Waals surface area contributed by atoms with Crippen molar-refractivity contribution in [3.63, 3.8) is 0 Å². The van der Waals surface area contributed by atoms with Crippen LogP contribution in [0.2, 0.25) is 0 Å². The van der Waals surface area contributed by atoms with Gasteiger partial charge < -0.3 is 15.3 Å². The number of hydrogen-bond donors (Lipinski definition) is 2. The number of hydrogen-bond acceptors (Lipinski definition) is 4. The lowest BCUT2D eigenvalue weighted by Gasteiger charge is -2.25. The number of alkyl halides is 1. The van der Waals surface area contributed by atoms with Crippen molar-refractivity contribution in [2.45, 2.75) is 44.0 Å². The van der Waals surface area contributed by atoms with Gasteiger partial charge in [-0.1, -0.05) is 20.8 Å². The van der Waals surface area contributed by atoms with Crippen LogP contribution in [0.4, 0.5) is 0 Å². The molecule has 0 spiro atoms. The first kappa shape index (κ1) is 22.2. The largest absolute Gasteiger partial charge is 0.506 e. The van der Waals surface area contributed by atoms with E-state index in [1.165, 1.54) is 11.0 Å². The smallest absolute Gasteiger partial charge is 0.287 e. The van der Waals surface area contributed by atoms with Gasteiger partial charge in [0.05, 0.1) is 0 Å². The predicted molar refractivity (Wildman–Crippen MR) is 103 cm³/mol. The van der Waals surface area contributed by atoms with Gasteiger partial charge in [-0.3, -0.25) is 4.79 Å². The van der Waals surface area contributed by atoms with Crippen LogP contribution in [0.5, 0.6) is 5.75 Å². The molecular weight excluding hydrogens is 378 g/mol.